The first-order valence-electron chi connectivity index (χ1n) is 9.16. The summed E-state index contributed by atoms with van der Waals surface area (Å²) in [6, 6.07) is 7.60. The van der Waals surface area contributed by atoms with Crippen molar-refractivity contribution in [2.45, 2.75) is 17.9 Å². The van der Waals surface area contributed by atoms with E-state index in [4.69, 9.17) is 18.6 Å². The molecule has 0 spiro atoms. The standard InChI is InChI=1S/C19H22N2O8S/c1-21(12-14-4-2-7-26-14)18(22)13-29-19(23)11-20-30(24,25)15-5-6-16-17(10-15)28-9-3-8-27-16/h2,4-7,10,20H,3,8-9,11-13H2,1H3. The third kappa shape index (κ3) is 5.74. The van der Waals surface area contributed by atoms with Crippen molar-refractivity contribution in [3.05, 3.63) is 42.4 Å². The van der Waals surface area contributed by atoms with Crippen LogP contribution in [0.25, 0.3) is 0 Å². The third-order valence-corrected chi connectivity index (χ3v) is 5.59. The Bertz CT molecular complexity index is 988. The molecule has 0 aliphatic carbocycles. The number of nitrogens with one attached hydrogen (secondary N) is 1. The number of furan rings is 1. The van der Waals surface area contributed by atoms with E-state index in [-0.39, 0.29) is 11.4 Å². The third-order valence-electron chi connectivity index (χ3n) is 4.19. The Hall–Kier alpha value is -3.05. The predicted molar refractivity (Wildman–Crippen MR) is 103 cm³/mol. The van der Waals surface area contributed by atoms with Gasteiger partial charge in [-0.3, -0.25) is 9.59 Å². The molecule has 30 heavy (non-hydrogen) atoms. The van der Waals surface area contributed by atoms with Crippen molar-refractivity contribution in [2.24, 2.45) is 0 Å². The van der Waals surface area contributed by atoms with Crippen LogP contribution < -0.4 is 14.2 Å². The van der Waals surface area contributed by atoms with Crippen LogP contribution in [0.15, 0.2) is 45.9 Å². The van der Waals surface area contributed by atoms with Gasteiger partial charge in [-0.25, -0.2) is 8.42 Å². The molecule has 11 heteroatoms. The number of sulfonamides is 1. The quantitative estimate of drug-likeness (QED) is 0.604. The van der Waals surface area contributed by atoms with Crippen LogP contribution in [0.1, 0.15) is 12.2 Å². The largest absolute Gasteiger partial charge is 0.490 e. The fourth-order valence-electron chi connectivity index (χ4n) is 2.58. The van der Waals surface area contributed by atoms with Crippen LogP contribution in [0.3, 0.4) is 0 Å². The number of nitrogens with zero attached hydrogens (tertiary/aromatic N) is 1. The number of ether oxygens (including phenoxy) is 3. The van der Waals surface area contributed by atoms with Crippen LogP contribution >= 0.6 is 0 Å². The predicted octanol–water partition coefficient (Wildman–Crippen LogP) is 0.921. The summed E-state index contributed by atoms with van der Waals surface area (Å²) in [6.07, 6.45) is 2.18. The van der Waals surface area contributed by atoms with E-state index in [1.54, 1.807) is 12.1 Å². The molecule has 1 aliphatic rings. The molecule has 1 aliphatic heterocycles. The summed E-state index contributed by atoms with van der Waals surface area (Å²) in [4.78, 5) is 25.1. The minimum atomic E-state index is -3.98. The average Bonchev–Trinajstić information content (AvgIpc) is 3.12. The monoisotopic (exact) mass is 438 g/mol. The first-order chi connectivity index (χ1) is 14.3. The highest BCUT2D eigenvalue weighted by Crippen LogP contribution is 2.31. The molecule has 3 rings (SSSR count). The highest BCUT2D eigenvalue weighted by atomic mass is 32.2. The lowest BCUT2D eigenvalue weighted by Crippen LogP contribution is -2.34. The molecular formula is C19H22N2O8S. The van der Waals surface area contributed by atoms with Crippen molar-refractivity contribution in [3.63, 3.8) is 0 Å². The number of carbonyl (C=O) groups excluding carboxylic acids is 2. The van der Waals surface area contributed by atoms with Gasteiger partial charge < -0.3 is 23.5 Å². The van der Waals surface area contributed by atoms with E-state index in [1.807, 2.05) is 0 Å². The molecule has 1 N–H and O–H groups in total. The van der Waals surface area contributed by atoms with E-state index < -0.39 is 35.1 Å². The van der Waals surface area contributed by atoms with Gasteiger partial charge in [0.1, 0.15) is 12.3 Å². The summed E-state index contributed by atoms with van der Waals surface area (Å²) in [5, 5.41) is 0. The maximum atomic E-state index is 12.4. The molecule has 10 nitrogen and oxygen atoms in total. The second-order valence-corrected chi connectivity index (χ2v) is 8.24. The first kappa shape index (κ1) is 21.7. The van der Waals surface area contributed by atoms with Crippen molar-refractivity contribution in [3.8, 4) is 11.5 Å². The van der Waals surface area contributed by atoms with Gasteiger partial charge >= 0.3 is 5.97 Å². The number of hydrogen-bond donors (Lipinski definition) is 1. The summed E-state index contributed by atoms with van der Waals surface area (Å²) in [7, 11) is -2.45. The number of esters is 1. The van der Waals surface area contributed by atoms with E-state index in [1.165, 1.54) is 36.4 Å². The molecule has 2 heterocycles. The molecule has 0 radical (unpaired) electrons. The number of fused-ring (bicyclic) bond motifs is 1. The molecule has 1 aromatic heterocycles. The molecule has 1 amide bonds. The second-order valence-electron chi connectivity index (χ2n) is 6.47. The van der Waals surface area contributed by atoms with Crippen LogP contribution in [-0.4, -0.2) is 58.6 Å². The smallest absolute Gasteiger partial charge is 0.321 e. The Balaban J connectivity index is 1.49. The van der Waals surface area contributed by atoms with Crippen LogP contribution in [0.4, 0.5) is 0 Å². The van der Waals surface area contributed by atoms with Crippen LogP contribution in [0, 0.1) is 0 Å². The Morgan fingerprint density at radius 2 is 1.93 bits per heavy atom. The molecule has 0 saturated carbocycles. The van der Waals surface area contributed by atoms with E-state index >= 15 is 0 Å². The van der Waals surface area contributed by atoms with Crippen molar-refractivity contribution >= 4 is 21.9 Å². The van der Waals surface area contributed by atoms with Gasteiger partial charge in [-0.1, -0.05) is 0 Å². The van der Waals surface area contributed by atoms with E-state index in [0.717, 1.165) is 0 Å². The molecule has 0 saturated heterocycles. The fraction of sp³-hybridized carbons (Fsp3) is 0.368. The van der Waals surface area contributed by atoms with Gasteiger partial charge in [0.25, 0.3) is 5.91 Å². The molecule has 0 fully saturated rings. The minimum Gasteiger partial charge on any atom is -0.490 e. The number of benzene rings is 1. The fourth-order valence-corrected chi connectivity index (χ4v) is 3.56. The van der Waals surface area contributed by atoms with Gasteiger partial charge in [0.15, 0.2) is 18.1 Å². The van der Waals surface area contributed by atoms with Crippen LogP contribution in [-0.2, 0) is 30.9 Å². The minimum absolute atomic E-state index is 0.0752. The van der Waals surface area contributed by atoms with Crippen LogP contribution in [0.2, 0.25) is 0 Å². The molecule has 0 unspecified atom stereocenters. The highest BCUT2D eigenvalue weighted by molar-refractivity contribution is 7.89. The molecule has 162 valence electrons. The van der Waals surface area contributed by atoms with E-state index in [0.29, 0.717) is 36.9 Å². The maximum Gasteiger partial charge on any atom is 0.321 e. The number of carbonyl (C=O) groups is 2. The van der Waals surface area contributed by atoms with Gasteiger partial charge in [0.2, 0.25) is 10.0 Å². The zero-order valence-electron chi connectivity index (χ0n) is 16.3. The number of amides is 1. The van der Waals surface area contributed by atoms with Crippen molar-refractivity contribution in [2.75, 3.05) is 33.4 Å². The number of likely N-dealkylation sites (N-methyl/N-ethyl adjacent to an activating group) is 1. The molecule has 0 bridgehead atoms. The summed E-state index contributed by atoms with van der Waals surface area (Å²) < 4.78 is 47.9. The zero-order valence-corrected chi connectivity index (χ0v) is 17.1. The molecular weight excluding hydrogens is 416 g/mol. The highest BCUT2D eigenvalue weighted by Gasteiger charge is 2.21. The van der Waals surface area contributed by atoms with Crippen LogP contribution in [0.5, 0.6) is 11.5 Å². The SMILES string of the molecule is CN(Cc1ccco1)C(=O)COC(=O)CNS(=O)(=O)c1ccc2c(c1)OCCCO2. The van der Waals surface area contributed by atoms with Gasteiger partial charge in [-0.2, -0.15) is 4.72 Å². The van der Waals surface area contributed by atoms with E-state index in [2.05, 4.69) is 4.72 Å². The Morgan fingerprint density at radius 1 is 1.17 bits per heavy atom. The van der Waals surface area contributed by atoms with Gasteiger partial charge in [-0.15, -0.1) is 0 Å². The molecule has 1 aromatic carbocycles. The molecule has 0 atom stereocenters. The summed E-state index contributed by atoms with van der Waals surface area (Å²) in [5.41, 5.74) is 0. The van der Waals surface area contributed by atoms with Crippen molar-refractivity contribution in [1.29, 1.82) is 0 Å². The Kier molecular flexibility index (Phi) is 6.95. The average molecular weight is 438 g/mol. The van der Waals surface area contributed by atoms with E-state index in [9.17, 15) is 18.0 Å². The maximum absolute atomic E-state index is 12.4. The topological polar surface area (TPSA) is 124 Å². The lowest BCUT2D eigenvalue weighted by molar-refractivity contribution is -0.150. The summed E-state index contributed by atoms with van der Waals surface area (Å²) in [6.45, 7) is -0.00879. The Morgan fingerprint density at radius 3 is 2.67 bits per heavy atom. The van der Waals surface area contributed by atoms with Gasteiger partial charge in [-0.05, 0) is 24.3 Å². The lowest BCUT2D eigenvalue weighted by Gasteiger charge is -2.15. The lowest BCUT2D eigenvalue weighted by atomic mass is 10.3. The number of hydrogen-bond acceptors (Lipinski definition) is 8. The Labute approximate surface area is 173 Å². The van der Waals surface area contributed by atoms with Crippen molar-refractivity contribution in [1.82, 2.24) is 9.62 Å². The first-order valence-corrected chi connectivity index (χ1v) is 10.6. The van der Waals surface area contributed by atoms with Gasteiger partial charge in [0, 0.05) is 19.5 Å². The number of rotatable bonds is 8. The zero-order chi connectivity index (χ0) is 21.6. The van der Waals surface area contributed by atoms with Crippen molar-refractivity contribution < 1.29 is 36.6 Å². The second kappa shape index (κ2) is 9.63. The summed E-state index contributed by atoms with van der Waals surface area (Å²) in [5.74, 6) is 0.0319. The summed E-state index contributed by atoms with van der Waals surface area (Å²) >= 11 is 0. The van der Waals surface area contributed by atoms with Gasteiger partial charge in [0.05, 0.1) is 30.9 Å². The normalized spacial score (nSPS) is 13.4. The molecule has 2 aromatic rings.